The number of aromatic nitrogens is 3. The van der Waals surface area contributed by atoms with E-state index in [-0.39, 0.29) is 0 Å². The third-order valence-corrected chi connectivity index (χ3v) is 2.63. The fourth-order valence-electron chi connectivity index (χ4n) is 1.25. The number of aliphatic hydroxyl groups excluding tert-OH is 1. The predicted molar refractivity (Wildman–Crippen MR) is 62.0 cm³/mol. The van der Waals surface area contributed by atoms with Crippen molar-refractivity contribution in [3.8, 4) is 5.69 Å². The first kappa shape index (κ1) is 11.4. The van der Waals surface area contributed by atoms with E-state index in [0.717, 1.165) is 0 Å². The second-order valence-corrected chi connectivity index (χ2v) is 4.20. The summed E-state index contributed by atoms with van der Waals surface area (Å²) in [6.45, 7) is 1.62. The van der Waals surface area contributed by atoms with Crippen LogP contribution in [0.1, 0.15) is 18.7 Å². The molecule has 0 spiro atoms. The summed E-state index contributed by atoms with van der Waals surface area (Å²) in [5.74, 6) is 0. The Kier molecular flexibility index (Phi) is 3.14. The highest BCUT2D eigenvalue weighted by atomic mass is 35.5. The molecule has 0 radical (unpaired) electrons. The van der Waals surface area contributed by atoms with Gasteiger partial charge in [0.25, 0.3) is 0 Å². The van der Waals surface area contributed by atoms with E-state index in [0.29, 0.717) is 21.4 Å². The van der Waals surface area contributed by atoms with Crippen molar-refractivity contribution in [3.63, 3.8) is 0 Å². The molecule has 1 heterocycles. The summed E-state index contributed by atoms with van der Waals surface area (Å²) in [7, 11) is 0. The van der Waals surface area contributed by atoms with E-state index in [1.54, 1.807) is 31.3 Å². The molecular weight excluding hydrogens is 249 g/mol. The van der Waals surface area contributed by atoms with Crippen molar-refractivity contribution in [1.29, 1.82) is 0 Å². The Labute approximate surface area is 102 Å². The molecule has 0 saturated heterocycles. The number of halogens is 2. The molecule has 1 aromatic heterocycles. The average molecular weight is 258 g/mol. The van der Waals surface area contributed by atoms with E-state index in [1.807, 2.05) is 0 Å². The van der Waals surface area contributed by atoms with Gasteiger partial charge in [-0.25, -0.2) is 4.68 Å². The van der Waals surface area contributed by atoms with Crippen LogP contribution >= 0.6 is 23.2 Å². The first-order valence-corrected chi connectivity index (χ1v) is 5.39. The summed E-state index contributed by atoms with van der Waals surface area (Å²) in [6.07, 6.45) is 0.972. The SMILES string of the molecule is CC(O)c1cn(-c2ccc(Cl)cc2Cl)nn1. The molecule has 4 nitrogen and oxygen atoms in total. The molecule has 0 saturated carbocycles. The molecule has 0 aliphatic rings. The van der Waals surface area contributed by atoms with E-state index in [2.05, 4.69) is 10.3 Å². The van der Waals surface area contributed by atoms with E-state index in [1.165, 1.54) is 4.68 Å². The Morgan fingerprint density at radius 2 is 2.12 bits per heavy atom. The van der Waals surface area contributed by atoms with Crippen molar-refractivity contribution in [3.05, 3.63) is 40.1 Å². The Morgan fingerprint density at radius 1 is 1.38 bits per heavy atom. The van der Waals surface area contributed by atoms with Gasteiger partial charge in [0.05, 0.1) is 23.0 Å². The van der Waals surface area contributed by atoms with Crippen LogP contribution < -0.4 is 0 Å². The number of nitrogens with zero attached hydrogens (tertiary/aromatic N) is 3. The van der Waals surface area contributed by atoms with Crippen LogP contribution in [0.25, 0.3) is 5.69 Å². The molecular formula is C10H9Cl2N3O. The van der Waals surface area contributed by atoms with E-state index >= 15 is 0 Å². The summed E-state index contributed by atoms with van der Waals surface area (Å²) < 4.78 is 1.50. The highest BCUT2D eigenvalue weighted by molar-refractivity contribution is 6.35. The van der Waals surface area contributed by atoms with E-state index in [9.17, 15) is 5.11 Å². The minimum atomic E-state index is -0.653. The number of aliphatic hydroxyl groups is 1. The highest BCUT2D eigenvalue weighted by Gasteiger charge is 2.09. The molecule has 1 aromatic carbocycles. The predicted octanol–water partition coefficient (Wildman–Crippen LogP) is 2.63. The lowest BCUT2D eigenvalue weighted by molar-refractivity contribution is 0.194. The molecule has 0 amide bonds. The third-order valence-electron chi connectivity index (χ3n) is 2.10. The minimum Gasteiger partial charge on any atom is -0.387 e. The first-order chi connectivity index (χ1) is 7.58. The third kappa shape index (κ3) is 2.19. The smallest absolute Gasteiger partial charge is 0.111 e. The van der Waals surface area contributed by atoms with Crippen LogP contribution in [0.2, 0.25) is 10.0 Å². The maximum Gasteiger partial charge on any atom is 0.111 e. The Balaban J connectivity index is 2.42. The molecule has 1 N–H and O–H groups in total. The van der Waals surface area contributed by atoms with Gasteiger partial charge in [-0.05, 0) is 25.1 Å². The maximum atomic E-state index is 9.33. The van der Waals surface area contributed by atoms with Crippen LogP contribution in [-0.4, -0.2) is 20.1 Å². The van der Waals surface area contributed by atoms with Crippen molar-refractivity contribution < 1.29 is 5.11 Å². The molecule has 0 bridgehead atoms. The summed E-state index contributed by atoms with van der Waals surface area (Å²) in [5.41, 5.74) is 1.16. The van der Waals surface area contributed by atoms with Gasteiger partial charge in [0.2, 0.25) is 0 Å². The van der Waals surface area contributed by atoms with Crippen molar-refractivity contribution in [2.75, 3.05) is 0 Å². The van der Waals surface area contributed by atoms with E-state index in [4.69, 9.17) is 23.2 Å². The molecule has 0 fully saturated rings. The van der Waals surface area contributed by atoms with Crippen LogP contribution in [0.15, 0.2) is 24.4 Å². The number of benzene rings is 1. The summed E-state index contributed by atoms with van der Waals surface area (Å²) in [6, 6.07) is 5.08. The molecule has 16 heavy (non-hydrogen) atoms. The van der Waals surface area contributed by atoms with Crippen molar-refractivity contribution in [2.45, 2.75) is 13.0 Å². The quantitative estimate of drug-likeness (QED) is 0.900. The monoisotopic (exact) mass is 257 g/mol. The van der Waals surface area contributed by atoms with Gasteiger partial charge >= 0.3 is 0 Å². The second-order valence-electron chi connectivity index (χ2n) is 3.36. The highest BCUT2D eigenvalue weighted by Crippen LogP contribution is 2.24. The standard InChI is InChI=1S/C10H9Cl2N3O/c1-6(16)9-5-15(14-13-9)10-3-2-7(11)4-8(10)12/h2-6,16H,1H3. The molecule has 6 heteroatoms. The Hall–Kier alpha value is -1.10. The molecule has 1 unspecified atom stereocenters. The number of hydrogen-bond donors (Lipinski definition) is 1. The van der Waals surface area contributed by atoms with Gasteiger partial charge in [-0.15, -0.1) is 5.10 Å². The van der Waals surface area contributed by atoms with Crippen LogP contribution in [0, 0.1) is 0 Å². The zero-order valence-electron chi connectivity index (χ0n) is 8.43. The van der Waals surface area contributed by atoms with Gasteiger partial charge in [0.15, 0.2) is 0 Å². The normalized spacial score (nSPS) is 12.8. The fourth-order valence-corrected chi connectivity index (χ4v) is 1.75. The summed E-state index contributed by atoms with van der Waals surface area (Å²) >= 11 is 11.8. The summed E-state index contributed by atoms with van der Waals surface area (Å²) in [5, 5.41) is 18.1. The number of hydrogen-bond acceptors (Lipinski definition) is 3. The van der Waals surface area contributed by atoms with Gasteiger partial charge in [0, 0.05) is 5.02 Å². The lowest BCUT2D eigenvalue weighted by atomic mass is 10.3. The molecule has 2 aromatic rings. The van der Waals surface area contributed by atoms with E-state index < -0.39 is 6.10 Å². The molecule has 1 atom stereocenters. The molecule has 0 aliphatic carbocycles. The van der Waals surface area contributed by atoms with Crippen LogP contribution in [0.3, 0.4) is 0 Å². The van der Waals surface area contributed by atoms with Crippen LogP contribution in [0.4, 0.5) is 0 Å². The fraction of sp³-hybridized carbons (Fsp3) is 0.200. The van der Waals surface area contributed by atoms with Crippen LogP contribution in [-0.2, 0) is 0 Å². The Bertz CT molecular complexity index is 511. The maximum absolute atomic E-state index is 9.33. The molecule has 84 valence electrons. The van der Waals surface area contributed by atoms with Gasteiger partial charge in [-0.3, -0.25) is 0 Å². The molecule has 0 aliphatic heterocycles. The van der Waals surface area contributed by atoms with Gasteiger partial charge in [0.1, 0.15) is 5.69 Å². The Morgan fingerprint density at radius 3 is 2.69 bits per heavy atom. The average Bonchev–Trinajstić information content (AvgIpc) is 2.66. The van der Waals surface area contributed by atoms with Gasteiger partial charge < -0.3 is 5.11 Å². The zero-order valence-corrected chi connectivity index (χ0v) is 9.94. The van der Waals surface area contributed by atoms with Crippen molar-refractivity contribution in [1.82, 2.24) is 15.0 Å². The lowest BCUT2D eigenvalue weighted by Gasteiger charge is -2.03. The first-order valence-electron chi connectivity index (χ1n) is 4.63. The van der Waals surface area contributed by atoms with Crippen molar-refractivity contribution >= 4 is 23.2 Å². The second kappa shape index (κ2) is 4.41. The van der Waals surface area contributed by atoms with Crippen molar-refractivity contribution in [2.24, 2.45) is 0 Å². The lowest BCUT2D eigenvalue weighted by Crippen LogP contribution is -1.95. The topological polar surface area (TPSA) is 50.9 Å². The van der Waals surface area contributed by atoms with Gasteiger partial charge in [-0.2, -0.15) is 0 Å². The largest absolute Gasteiger partial charge is 0.387 e. The zero-order chi connectivity index (χ0) is 11.7. The van der Waals surface area contributed by atoms with Gasteiger partial charge in [-0.1, -0.05) is 28.4 Å². The number of rotatable bonds is 2. The minimum absolute atomic E-state index is 0.481. The summed E-state index contributed by atoms with van der Waals surface area (Å²) in [4.78, 5) is 0. The van der Waals surface area contributed by atoms with Crippen LogP contribution in [0.5, 0.6) is 0 Å². The molecule has 2 rings (SSSR count).